The van der Waals surface area contributed by atoms with E-state index < -0.39 is 0 Å². The molecule has 1 nitrogen and oxygen atoms in total. The molecule has 0 radical (unpaired) electrons. The van der Waals surface area contributed by atoms with Crippen LogP contribution in [0.2, 0.25) is 0 Å². The largest absolute Gasteiger partial charge is 0.295 e. The maximum atomic E-state index is 12.1. The van der Waals surface area contributed by atoms with Gasteiger partial charge in [0.05, 0.1) is 0 Å². The number of carbonyl (C=O) groups is 1. The van der Waals surface area contributed by atoms with E-state index in [1.54, 1.807) is 0 Å². The lowest BCUT2D eigenvalue weighted by Gasteiger charge is -2.09. The van der Waals surface area contributed by atoms with Gasteiger partial charge in [0.2, 0.25) is 0 Å². The third kappa shape index (κ3) is 2.65. The van der Waals surface area contributed by atoms with Gasteiger partial charge in [0, 0.05) is 5.92 Å². The fraction of sp³-hybridized carbons (Fsp3) is 0.167. The van der Waals surface area contributed by atoms with E-state index in [0.717, 1.165) is 12.8 Å². The Labute approximate surface area is 113 Å². The first-order valence-electron chi connectivity index (χ1n) is 6.67. The highest BCUT2D eigenvalue weighted by Crippen LogP contribution is 2.31. The number of rotatable bonds is 3. The van der Waals surface area contributed by atoms with Crippen LogP contribution in [0.1, 0.15) is 17.5 Å². The SMILES string of the molecule is O=C1C=C(c2ccccc2)CC1Cc1ccccc1. The molecular weight excluding hydrogens is 232 g/mol. The Morgan fingerprint density at radius 1 is 0.895 bits per heavy atom. The van der Waals surface area contributed by atoms with Gasteiger partial charge in [-0.05, 0) is 35.6 Å². The van der Waals surface area contributed by atoms with Gasteiger partial charge < -0.3 is 0 Å². The third-order valence-corrected chi connectivity index (χ3v) is 3.65. The van der Waals surface area contributed by atoms with E-state index in [4.69, 9.17) is 0 Å². The molecule has 0 spiro atoms. The number of ketones is 1. The molecule has 0 fully saturated rings. The van der Waals surface area contributed by atoms with Crippen molar-refractivity contribution in [1.82, 2.24) is 0 Å². The van der Waals surface area contributed by atoms with Crippen LogP contribution in [0.4, 0.5) is 0 Å². The zero-order valence-corrected chi connectivity index (χ0v) is 10.8. The summed E-state index contributed by atoms with van der Waals surface area (Å²) < 4.78 is 0. The van der Waals surface area contributed by atoms with Crippen molar-refractivity contribution in [3.8, 4) is 0 Å². The topological polar surface area (TPSA) is 17.1 Å². The van der Waals surface area contributed by atoms with E-state index in [1.165, 1.54) is 16.7 Å². The molecule has 0 heterocycles. The zero-order chi connectivity index (χ0) is 13.1. The number of carbonyl (C=O) groups excluding carboxylic acids is 1. The van der Waals surface area contributed by atoms with Crippen LogP contribution in [0, 0.1) is 5.92 Å². The van der Waals surface area contributed by atoms with Gasteiger partial charge in [0.15, 0.2) is 5.78 Å². The lowest BCUT2D eigenvalue weighted by molar-refractivity contribution is -0.117. The summed E-state index contributed by atoms with van der Waals surface area (Å²) >= 11 is 0. The first kappa shape index (κ1) is 11.9. The van der Waals surface area contributed by atoms with Crippen molar-refractivity contribution in [2.45, 2.75) is 12.8 Å². The average molecular weight is 248 g/mol. The Morgan fingerprint density at radius 3 is 2.21 bits per heavy atom. The maximum absolute atomic E-state index is 12.1. The van der Waals surface area contributed by atoms with E-state index in [1.807, 2.05) is 42.5 Å². The molecule has 3 rings (SSSR count). The van der Waals surface area contributed by atoms with Crippen molar-refractivity contribution in [1.29, 1.82) is 0 Å². The van der Waals surface area contributed by atoms with E-state index in [-0.39, 0.29) is 11.7 Å². The lowest BCUT2D eigenvalue weighted by Crippen LogP contribution is -2.09. The second-order valence-electron chi connectivity index (χ2n) is 5.03. The molecule has 0 aliphatic heterocycles. The summed E-state index contributed by atoms with van der Waals surface area (Å²) in [4.78, 5) is 12.1. The summed E-state index contributed by atoms with van der Waals surface area (Å²) in [5.74, 6) is 0.375. The minimum absolute atomic E-state index is 0.109. The smallest absolute Gasteiger partial charge is 0.159 e. The maximum Gasteiger partial charge on any atom is 0.159 e. The molecule has 2 aromatic rings. The molecular formula is C18H16O. The summed E-state index contributed by atoms with van der Waals surface area (Å²) in [5.41, 5.74) is 3.58. The van der Waals surface area contributed by atoms with Gasteiger partial charge >= 0.3 is 0 Å². The Bertz CT molecular complexity index is 596. The van der Waals surface area contributed by atoms with Crippen molar-refractivity contribution in [3.05, 3.63) is 77.9 Å². The molecule has 0 aromatic heterocycles. The molecule has 19 heavy (non-hydrogen) atoms. The fourth-order valence-corrected chi connectivity index (χ4v) is 2.64. The van der Waals surface area contributed by atoms with Crippen molar-refractivity contribution >= 4 is 11.4 Å². The van der Waals surface area contributed by atoms with Crippen LogP contribution in [0.15, 0.2) is 66.7 Å². The Kier molecular flexibility index (Phi) is 3.28. The summed E-state index contributed by atoms with van der Waals surface area (Å²) in [5, 5.41) is 0. The normalized spacial score (nSPS) is 18.4. The van der Waals surface area contributed by atoms with Crippen LogP contribution < -0.4 is 0 Å². The van der Waals surface area contributed by atoms with Gasteiger partial charge in [0.25, 0.3) is 0 Å². The van der Waals surface area contributed by atoms with Gasteiger partial charge in [-0.2, -0.15) is 0 Å². The highest BCUT2D eigenvalue weighted by molar-refractivity contribution is 6.03. The fourth-order valence-electron chi connectivity index (χ4n) is 2.64. The van der Waals surface area contributed by atoms with Gasteiger partial charge in [0.1, 0.15) is 0 Å². The number of hydrogen-bond acceptors (Lipinski definition) is 1. The summed E-state index contributed by atoms with van der Waals surface area (Å²) in [6.07, 6.45) is 3.52. The second kappa shape index (κ2) is 5.23. The average Bonchev–Trinajstić information content (AvgIpc) is 2.82. The van der Waals surface area contributed by atoms with Crippen LogP contribution in [0.3, 0.4) is 0 Å². The summed E-state index contributed by atoms with van der Waals surface area (Å²) in [7, 11) is 0. The molecule has 1 aliphatic carbocycles. The first-order chi connectivity index (χ1) is 9.33. The molecule has 1 heteroatoms. The molecule has 0 saturated heterocycles. The number of benzene rings is 2. The Morgan fingerprint density at radius 2 is 1.53 bits per heavy atom. The highest BCUT2D eigenvalue weighted by Gasteiger charge is 2.25. The monoisotopic (exact) mass is 248 g/mol. The van der Waals surface area contributed by atoms with Crippen LogP contribution >= 0.6 is 0 Å². The van der Waals surface area contributed by atoms with Gasteiger partial charge in [-0.3, -0.25) is 4.79 Å². The van der Waals surface area contributed by atoms with E-state index in [9.17, 15) is 4.79 Å². The van der Waals surface area contributed by atoms with E-state index >= 15 is 0 Å². The first-order valence-corrected chi connectivity index (χ1v) is 6.67. The molecule has 0 bridgehead atoms. The minimum atomic E-state index is 0.109. The standard InChI is InChI=1S/C18H16O/c19-18-13-16(15-9-5-2-6-10-15)12-17(18)11-14-7-3-1-4-8-14/h1-10,13,17H,11-12H2. The van der Waals surface area contributed by atoms with Crippen molar-refractivity contribution in [2.75, 3.05) is 0 Å². The quantitative estimate of drug-likeness (QED) is 0.805. The van der Waals surface area contributed by atoms with Crippen molar-refractivity contribution < 1.29 is 4.79 Å². The summed E-state index contributed by atoms with van der Waals surface area (Å²) in [6, 6.07) is 20.4. The number of allylic oxidation sites excluding steroid dienone is 2. The molecule has 2 aromatic carbocycles. The third-order valence-electron chi connectivity index (χ3n) is 3.65. The van der Waals surface area contributed by atoms with E-state index in [0.29, 0.717) is 0 Å². The molecule has 0 amide bonds. The molecule has 1 atom stereocenters. The van der Waals surface area contributed by atoms with Gasteiger partial charge in [-0.25, -0.2) is 0 Å². The van der Waals surface area contributed by atoms with Crippen LogP contribution in [0.25, 0.3) is 5.57 Å². The molecule has 94 valence electrons. The zero-order valence-electron chi connectivity index (χ0n) is 10.8. The molecule has 0 saturated carbocycles. The second-order valence-corrected chi connectivity index (χ2v) is 5.03. The minimum Gasteiger partial charge on any atom is -0.295 e. The van der Waals surface area contributed by atoms with Crippen LogP contribution in [-0.4, -0.2) is 5.78 Å². The number of hydrogen-bond donors (Lipinski definition) is 0. The lowest BCUT2D eigenvalue weighted by atomic mass is 9.94. The van der Waals surface area contributed by atoms with Gasteiger partial charge in [-0.1, -0.05) is 60.7 Å². The Hall–Kier alpha value is -2.15. The molecule has 1 unspecified atom stereocenters. The molecule has 1 aliphatic rings. The van der Waals surface area contributed by atoms with E-state index in [2.05, 4.69) is 24.3 Å². The Balaban J connectivity index is 1.74. The van der Waals surface area contributed by atoms with Crippen molar-refractivity contribution in [3.63, 3.8) is 0 Å². The highest BCUT2D eigenvalue weighted by atomic mass is 16.1. The predicted molar refractivity (Wildman–Crippen MR) is 77.7 cm³/mol. The summed E-state index contributed by atoms with van der Waals surface area (Å²) in [6.45, 7) is 0. The predicted octanol–water partition coefficient (Wildman–Crippen LogP) is 3.90. The van der Waals surface area contributed by atoms with Gasteiger partial charge in [-0.15, -0.1) is 0 Å². The molecule has 0 N–H and O–H groups in total. The van der Waals surface area contributed by atoms with Crippen LogP contribution in [-0.2, 0) is 11.2 Å². The van der Waals surface area contributed by atoms with Crippen molar-refractivity contribution in [2.24, 2.45) is 5.92 Å². The van der Waals surface area contributed by atoms with Crippen LogP contribution in [0.5, 0.6) is 0 Å².